The number of aryl methyl sites for hydroxylation is 1. The average Bonchev–Trinajstić information content (AvgIpc) is 2.46. The Balaban J connectivity index is 2.11. The molecule has 0 amide bonds. The lowest BCUT2D eigenvalue weighted by Gasteiger charge is -2.32. The topological polar surface area (TPSA) is 3.24 Å². The third-order valence-electron chi connectivity index (χ3n) is 3.59. The van der Waals surface area contributed by atoms with Gasteiger partial charge in [-0.3, -0.25) is 0 Å². The lowest BCUT2D eigenvalue weighted by atomic mass is 10.0. The maximum absolute atomic E-state index is 6.09. The van der Waals surface area contributed by atoms with Crippen molar-refractivity contribution in [2.24, 2.45) is 0 Å². The Kier molecular flexibility index (Phi) is 3.81. The molecule has 0 unspecified atom stereocenters. The minimum absolute atomic E-state index is 0.543. The van der Waals surface area contributed by atoms with Crippen LogP contribution in [-0.4, -0.2) is 6.54 Å². The molecule has 98 valence electrons. The molecule has 0 bridgehead atoms. The molecule has 1 aliphatic rings. The number of para-hydroxylation sites is 1. The number of alkyl halides is 1. The first-order valence-electron chi connectivity index (χ1n) is 6.49. The highest BCUT2D eigenvalue weighted by Gasteiger charge is 2.19. The SMILES string of the molecule is ClCc1ccc(Br)cc1N1CCCc2ccccc21. The Labute approximate surface area is 127 Å². The van der Waals surface area contributed by atoms with Gasteiger partial charge in [-0.1, -0.05) is 40.2 Å². The van der Waals surface area contributed by atoms with Gasteiger partial charge >= 0.3 is 0 Å². The number of hydrogen-bond donors (Lipinski definition) is 0. The van der Waals surface area contributed by atoms with Crippen LogP contribution in [0.25, 0.3) is 0 Å². The Bertz CT molecular complexity index is 597. The van der Waals surface area contributed by atoms with Crippen LogP contribution in [0.15, 0.2) is 46.9 Å². The predicted octanol–water partition coefficient (Wildman–Crippen LogP) is 5.27. The summed E-state index contributed by atoms with van der Waals surface area (Å²) >= 11 is 9.65. The number of rotatable bonds is 2. The van der Waals surface area contributed by atoms with Gasteiger partial charge in [0.15, 0.2) is 0 Å². The van der Waals surface area contributed by atoms with Crippen molar-refractivity contribution in [1.82, 2.24) is 0 Å². The minimum Gasteiger partial charge on any atom is -0.341 e. The second-order valence-electron chi connectivity index (χ2n) is 4.79. The minimum atomic E-state index is 0.543. The predicted molar refractivity (Wildman–Crippen MR) is 85.5 cm³/mol. The highest BCUT2D eigenvalue weighted by Crippen LogP contribution is 2.36. The van der Waals surface area contributed by atoms with Gasteiger partial charge in [0.05, 0.1) is 0 Å². The Morgan fingerprint density at radius 3 is 2.79 bits per heavy atom. The van der Waals surface area contributed by atoms with Crippen molar-refractivity contribution < 1.29 is 0 Å². The van der Waals surface area contributed by atoms with E-state index in [0.717, 1.165) is 17.4 Å². The van der Waals surface area contributed by atoms with Crippen LogP contribution in [0.5, 0.6) is 0 Å². The molecule has 19 heavy (non-hydrogen) atoms. The second-order valence-corrected chi connectivity index (χ2v) is 5.97. The van der Waals surface area contributed by atoms with Crippen molar-refractivity contribution in [2.45, 2.75) is 18.7 Å². The standard InChI is InChI=1S/C16H15BrClN/c17-14-8-7-13(11-18)16(10-14)19-9-3-5-12-4-1-2-6-15(12)19/h1-2,4,6-8,10H,3,5,9,11H2. The van der Waals surface area contributed by atoms with E-state index in [-0.39, 0.29) is 0 Å². The molecule has 0 fully saturated rings. The molecular formula is C16H15BrClN. The van der Waals surface area contributed by atoms with E-state index in [1.165, 1.54) is 28.9 Å². The van der Waals surface area contributed by atoms with Gasteiger partial charge in [-0.25, -0.2) is 0 Å². The van der Waals surface area contributed by atoms with Crippen LogP contribution in [0, 0.1) is 0 Å². The van der Waals surface area contributed by atoms with Gasteiger partial charge in [-0.2, -0.15) is 0 Å². The fourth-order valence-corrected chi connectivity index (χ4v) is 3.26. The summed E-state index contributed by atoms with van der Waals surface area (Å²) in [5.74, 6) is 0.543. The van der Waals surface area contributed by atoms with E-state index in [1.807, 2.05) is 0 Å². The summed E-state index contributed by atoms with van der Waals surface area (Å²) in [6.07, 6.45) is 2.35. The first-order valence-corrected chi connectivity index (χ1v) is 7.82. The molecule has 2 aromatic rings. The van der Waals surface area contributed by atoms with Crippen LogP contribution in [0.1, 0.15) is 17.5 Å². The smallest absolute Gasteiger partial charge is 0.0494 e. The van der Waals surface area contributed by atoms with E-state index < -0.39 is 0 Å². The molecule has 1 nitrogen and oxygen atoms in total. The highest BCUT2D eigenvalue weighted by atomic mass is 79.9. The van der Waals surface area contributed by atoms with Gasteiger partial charge in [0.25, 0.3) is 0 Å². The van der Waals surface area contributed by atoms with E-state index in [2.05, 4.69) is 63.3 Å². The van der Waals surface area contributed by atoms with E-state index in [4.69, 9.17) is 11.6 Å². The fourth-order valence-electron chi connectivity index (χ4n) is 2.69. The van der Waals surface area contributed by atoms with E-state index in [1.54, 1.807) is 0 Å². The zero-order chi connectivity index (χ0) is 13.2. The fraction of sp³-hybridized carbons (Fsp3) is 0.250. The number of anilines is 2. The molecule has 0 spiro atoms. The van der Waals surface area contributed by atoms with Crippen LogP contribution >= 0.6 is 27.5 Å². The van der Waals surface area contributed by atoms with Crippen LogP contribution in [-0.2, 0) is 12.3 Å². The molecule has 0 saturated heterocycles. The molecule has 0 atom stereocenters. The summed E-state index contributed by atoms with van der Waals surface area (Å²) in [5, 5.41) is 0. The van der Waals surface area contributed by atoms with Gasteiger partial charge in [0.1, 0.15) is 0 Å². The van der Waals surface area contributed by atoms with Gasteiger partial charge in [-0.15, -0.1) is 11.6 Å². The van der Waals surface area contributed by atoms with E-state index in [9.17, 15) is 0 Å². The summed E-state index contributed by atoms with van der Waals surface area (Å²) in [4.78, 5) is 2.39. The molecule has 3 rings (SSSR count). The number of nitrogens with zero attached hydrogens (tertiary/aromatic N) is 1. The molecule has 2 aromatic carbocycles. The molecule has 3 heteroatoms. The molecular weight excluding hydrogens is 322 g/mol. The van der Waals surface area contributed by atoms with E-state index in [0.29, 0.717) is 5.88 Å². The van der Waals surface area contributed by atoms with Gasteiger partial charge in [-0.05, 0) is 42.2 Å². The lowest BCUT2D eigenvalue weighted by molar-refractivity contribution is 0.765. The summed E-state index contributed by atoms with van der Waals surface area (Å²) < 4.78 is 1.10. The summed E-state index contributed by atoms with van der Waals surface area (Å²) in [6, 6.07) is 15.0. The largest absolute Gasteiger partial charge is 0.341 e. The van der Waals surface area contributed by atoms with Crippen molar-refractivity contribution in [3.63, 3.8) is 0 Å². The number of benzene rings is 2. The summed E-state index contributed by atoms with van der Waals surface area (Å²) in [5.41, 5.74) is 5.14. The molecule has 0 aromatic heterocycles. The van der Waals surface area contributed by atoms with Crippen LogP contribution < -0.4 is 4.90 Å². The van der Waals surface area contributed by atoms with Crippen molar-refractivity contribution in [1.29, 1.82) is 0 Å². The molecule has 0 aliphatic carbocycles. The molecule has 0 radical (unpaired) electrons. The van der Waals surface area contributed by atoms with Crippen molar-refractivity contribution >= 4 is 38.9 Å². The van der Waals surface area contributed by atoms with Crippen LogP contribution in [0.4, 0.5) is 11.4 Å². The molecule has 0 N–H and O–H groups in total. The van der Waals surface area contributed by atoms with Crippen molar-refractivity contribution in [2.75, 3.05) is 11.4 Å². The van der Waals surface area contributed by atoms with Gasteiger partial charge in [0, 0.05) is 28.3 Å². The maximum Gasteiger partial charge on any atom is 0.0494 e. The van der Waals surface area contributed by atoms with Crippen LogP contribution in [0.3, 0.4) is 0 Å². The number of halogens is 2. The third-order valence-corrected chi connectivity index (χ3v) is 4.37. The zero-order valence-corrected chi connectivity index (χ0v) is 12.9. The van der Waals surface area contributed by atoms with Crippen LogP contribution in [0.2, 0.25) is 0 Å². The molecule has 1 aliphatic heterocycles. The number of fused-ring (bicyclic) bond motifs is 1. The maximum atomic E-state index is 6.09. The zero-order valence-electron chi connectivity index (χ0n) is 10.6. The van der Waals surface area contributed by atoms with Crippen molar-refractivity contribution in [3.8, 4) is 0 Å². The van der Waals surface area contributed by atoms with Crippen molar-refractivity contribution in [3.05, 3.63) is 58.1 Å². The van der Waals surface area contributed by atoms with E-state index >= 15 is 0 Å². The normalized spacial score (nSPS) is 14.3. The second kappa shape index (κ2) is 5.56. The average molecular weight is 337 g/mol. The van der Waals surface area contributed by atoms with Gasteiger partial charge < -0.3 is 4.90 Å². The third kappa shape index (κ3) is 2.52. The monoisotopic (exact) mass is 335 g/mol. The number of hydrogen-bond acceptors (Lipinski definition) is 1. The first-order chi connectivity index (χ1) is 9.29. The quantitative estimate of drug-likeness (QED) is 0.675. The molecule has 1 heterocycles. The first kappa shape index (κ1) is 13.0. The molecule has 0 saturated carbocycles. The van der Waals surface area contributed by atoms with Gasteiger partial charge in [0.2, 0.25) is 0 Å². The highest BCUT2D eigenvalue weighted by molar-refractivity contribution is 9.10. The Morgan fingerprint density at radius 2 is 1.95 bits per heavy atom. The Morgan fingerprint density at radius 1 is 1.11 bits per heavy atom. The summed E-state index contributed by atoms with van der Waals surface area (Å²) in [7, 11) is 0. The lowest BCUT2D eigenvalue weighted by Crippen LogP contribution is -2.25. The summed E-state index contributed by atoms with van der Waals surface area (Å²) in [6.45, 7) is 1.05. The Hall–Kier alpha value is -0.990.